The van der Waals surface area contributed by atoms with Gasteiger partial charge in [0.15, 0.2) is 0 Å². The van der Waals surface area contributed by atoms with Gasteiger partial charge in [-0.3, -0.25) is 4.79 Å². The summed E-state index contributed by atoms with van der Waals surface area (Å²) in [6.07, 6.45) is -0.541. The molecule has 0 radical (unpaired) electrons. The van der Waals surface area contributed by atoms with Crippen LogP contribution in [0.4, 0.5) is 4.79 Å². The SMILES string of the molecule is CC#CCC(NC(=O)OCC1c2ccccc2-c2ccccc21)C(=O)NC(C)(CC)C(=O)O. The van der Waals surface area contributed by atoms with E-state index in [9.17, 15) is 19.5 Å². The van der Waals surface area contributed by atoms with Crippen molar-refractivity contribution in [2.45, 2.75) is 51.1 Å². The third-order valence-electron chi connectivity index (χ3n) is 6.01. The minimum Gasteiger partial charge on any atom is -0.480 e. The molecular formula is C26H28N2O5. The Morgan fingerprint density at radius 3 is 2.18 bits per heavy atom. The molecule has 3 N–H and O–H groups in total. The molecule has 2 unspecified atom stereocenters. The first-order valence-corrected chi connectivity index (χ1v) is 10.9. The van der Waals surface area contributed by atoms with Gasteiger partial charge in [0.05, 0.1) is 0 Å². The number of ether oxygens (including phenoxy) is 1. The zero-order valence-corrected chi connectivity index (χ0v) is 19.0. The molecule has 2 aromatic carbocycles. The van der Waals surface area contributed by atoms with Gasteiger partial charge in [-0.2, -0.15) is 0 Å². The number of benzene rings is 2. The standard InChI is InChI=1S/C26H28N2O5/c1-4-6-15-22(23(29)28-26(3,5-2)24(30)31)27-25(32)33-16-21-19-13-9-7-11-17(19)18-12-8-10-14-20(18)21/h7-14,21-22H,5,15-16H2,1-3H3,(H,27,32)(H,28,29)(H,30,31). The summed E-state index contributed by atoms with van der Waals surface area (Å²) < 4.78 is 5.51. The van der Waals surface area contributed by atoms with E-state index < -0.39 is 29.6 Å². The summed E-state index contributed by atoms with van der Waals surface area (Å²) in [4.78, 5) is 36.9. The summed E-state index contributed by atoms with van der Waals surface area (Å²) in [5.74, 6) is 3.56. The molecule has 0 aliphatic heterocycles. The van der Waals surface area contributed by atoms with Crippen molar-refractivity contribution in [3.63, 3.8) is 0 Å². The predicted molar refractivity (Wildman–Crippen MR) is 125 cm³/mol. The Bertz CT molecular complexity index is 1070. The van der Waals surface area contributed by atoms with Crippen LogP contribution in [0.15, 0.2) is 48.5 Å². The van der Waals surface area contributed by atoms with Gasteiger partial charge in [-0.25, -0.2) is 9.59 Å². The molecule has 0 aromatic heterocycles. The van der Waals surface area contributed by atoms with Crippen LogP contribution in [0.25, 0.3) is 11.1 Å². The number of rotatable bonds is 8. The maximum Gasteiger partial charge on any atom is 0.407 e. The Morgan fingerprint density at radius 2 is 1.67 bits per heavy atom. The number of hydrogen-bond donors (Lipinski definition) is 3. The molecule has 1 aliphatic rings. The first kappa shape index (κ1) is 23.9. The van der Waals surface area contributed by atoms with E-state index in [1.807, 2.05) is 48.5 Å². The van der Waals surface area contributed by atoms with Gasteiger partial charge in [0, 0.05) is 12.3 Å². The molecule has 0 heterocycles. The van der Waals surface area contributed by atoms with E-state index in [0.29, 0.717) is 0 Å². The topological polar surface area (TPSA) is 105 Å². The van der Waals surface area contributed by atoms with Crippen LogP contribution in [-0.2, 0) is 14.3 Å². The lowest BCUT2D eigenvalue weighted by atomic mass is 9.98. The van der Waals surface area contributed by atoms with Crippen LogP contribution in [0.5, 0.6) is 0 Å². The smallest absolute Gasteiger partial charge is 0.407 e. The average Bonchev–Trinajstić information content (AvgIpc) is 3.13. The maximum atomic E-state index is 12.7. The molecule has 33 heavy (non-hydrogen) atoms. The van der Waals surface area contributed by atoms with Crippen molar-refractivity contribution in [2.75, 3.05) is 6.61 Å². The highest BCUT2D eigenvalue weighted by molar-refractivity contribution is 5.91. The quantitative estimate of drug-likeness (QED) is 0.535. The van der Waals surface area contributed by atoms with E-state index in [2.05, 4.69) is 22.5 Å². The monoisotopic (exact) mass is 448 g/mol. The number of alkyl carbamates (subject to hydrolysis) is 1. The highest BCUT2D eigenvalue weighted by atomic mass is 16.5. The average molecular weight is 449 g/mol. The van der Waals surface area contributed by atoms with Crippen molar-refractivity contribution in [2.24, 2.45) is 0 Å². The first-order chi connectivity index (χ1) is 15.8. The Hall–Kier alpha value is -3.79. The number of amides is 2. The number of carboxylic acid groups (broad SMARTS) is 1. The molecule has 0 fully saturated rings. The van der Waals surface area contributed by atoms with E-state index in [0.717, 1.165) is 22.3 Å². The second kappa shape index (κ2) is 10.2. The molecule has 172 valence electrons. The fraction of sp³-hybridized carbons (Fsp3) is 0.346. The van der Waals surface area contributed by atoms with Crippen LogP contribution in [-0.4, -0.2) is 41.3 Å². The molecule has 7 heteroatoms. The fourth-order valence-electron chi connectivity index (χ4n) is 3.85. The summed E-state index contributed by atoms with van der Waals surface area (Å²) in [7, 11) is 0. The van der Waals surface area contributed by atoms with Crippen molar-refractivity contribution >= 4 is 18.0 Å². The van der Waals surface area contributed by atoms with Crippen LogP contribution < -0.4 is 10.6 Å². The van der Waals surface area contributed by atoms with Gasteiger partial charge in [-0.05, 0) is 42.5 Å². The zero-order chi connectivity index (χ0) is 24.0. The predicted octanol–water partition coefficient (Wildman–Crippen LogP) is 3.68. The van der Waals surface area contributed by atoms with Crippen molar-refractivity contribution in [1.29, 1.82) is 0 Å². The molecular weight excluding hydrogens is 420 g/mol. The second-order valence-electron chi connectivity index (χ2n) is 8.13. The van der Waals surface area contributed by atoms with Gasteiger partial charge in [0.2, 0.25) is 5.91 Å². The minimum absolute atomic E-state index is 0.0337. The second-order valence-corrected chi connectivity index (χ2v) is 8.13. The van der Waals surface area contributed by atoms with Crippen LogP contribution in [0, 0.1) is 11.8 Å². The highest BCUT2D eigenvalue weighted by Crippen LogP contribution is 2.44. The normalized spacial score (nSPS) is 14.5. The molecule has 3 rings (SSSR count). The van der Waals surface area contributed by atoms with Gasteiger partial charge >= 0.3 is 12.1 Å². The summed E-state index contributed by atoms with van der Waals surface area (Å²) in [6, 6.07) is 14.9. The van der Waals surface area contributed by atoms with Crippen LogP contribution in [0.3, 0.4) is 0 Å². The van der Waals surface area contributed by atoms with Crippen molar-refractivity contribution < 1.29 is 24.2 Å². The lowest BCUT2D eigenvalue weighted by Crippen LogP contribution is -2.57. The van der Waals surface area contributed by atoms with Crippen LogP contribution in [0.1, 0.15) is 50.7 Å². The number of carbonyl (C=O) groups is 3. The lowest BCUT2D eigenvalue weighted by molar-refractivity contribution is -0.147. The number of nitrogens with one attached hydrogen (secondary N) is 2. The van der Waals surface area contributed by atoms with Gasteiger partial charge in [-0.1, -0.05) is 55.5 Å². The number of aliphatic carboxylic acids is 1. The van der Waals surface area contributed by atoms with Gasteiger partial charge in [0.1, 0.15) is 18.2 Å². The van der Waals surface area contributed by atoms with Crippen molar-refractivity contribution in [3.8, 4) is 23.0 Å². The van der Waals surface area contributed by atoms with Gasteiger partial charge < -0.3 is 20.5 Å². The van der Waals surface area contributed by atoms with Crippen LogP contribution in [0.2, 0.25) is 0 Å². The summed E-state index contributed by atoms with van der Waals surface area (Å²) in [6.45, 7) is 4.81. The van der Waals surface area contributed by atoms with E-state index in [1.54, 1.807) is 13.8 Å². The third kappa shape index (κ3) is 5.17. The number of hydrogen-bond acceptors (Lipinski definition) is 4. The van der Waals surface area contributed by atoms with Gasteiger partial charge in [0.25, 0.3) is 0 Å². The van der Waals surface area contributed by atoms with Crippen molar-refractivity contribution in [3.05, 3.63) is 59.7 Å². The third-order valence-corrected chi connectivity index (χ3v) is 6.01. The molecule has 2 atom stereocenters. The Kier molecular flexibility index (Phi) is 7.39. The molecule has 0 bridgehead atoms. The van der Waals surface area contributed by atoms with E-state index in [4.69, 9.17) is 4.74 Å². The van der Waals surface area contributed by atoms with E-state index in [-0.39, 0.29) is 25.4 Å². The van der Waals surface area contributed by atoms with Gasteiger partial charge in [-0.15, -0.1) is 11.8 Å². The zero-order valence-electron chi connectivity index (χ0n) is 19.0. The Morgan fingerprint density at radius 1 is 1.09 bits per heavy atom. The summed E-state index contributed by atoms with van der Waals surface area (Å²) in [5, 5.41) is 14.5. The highest BCUT2D eigenvalue weighted by Gasteiger charge is 2.35. The first-order valence-electron chi connectivity index (χ1n) is 10.9. The Labute approximate surface area is 193 Å². The largest absolute Gasteiger partial charge is 0.480 e. The molecule has 2 amide bonds. The summed E-state index contributed by atoms with van der Waals surface area (Å²) >= 11 is 0. The Balaban J connectivity index is 1.69. The molecule has 1 aliphatic carbocycles. The summed E-state index contributed by atoms with van der Waals surface area (Å²) in [5.41, 5.74) is 2.95. The molecule has 0 saturated heterocycles. The molecule has 0 saturated carbocycles. The van der Waals surface area contributed by atoms with E-state index in [1.165, 1.54) is 6.92 Å². The van der Waals surface area contributed by atoms with Crippen molar-refractivity contribution in [1.82, 2.24) is 10.6 Å². The molecule has 0 spiro atoms. The fourth-order valence-corrected chi connectivity index (χ4v) is 3.85. The number of carboxylic acids is 1. The van der Waals surface area contributed by atoms with E-state index >= 15 is 0 Å². The molecule has 2 aromatic rings. The lowest BCUT2D eigenvalue weighted by Gasteiger charge is -2.27. The number of carbonyl (C=O) groups excluding carboxylic acids is 2. The minimum atomic E-state index is -1.45. The molecule has 7 nitrogen and oxygen atoms in total. The van der Waals surface area contributed by atoms with Crippen LogP contribution >= 0.6 is 0 Å². The number of fused-ring (bicyclic) bond motifs is 3. The maximum absolute atomic E-state index is 12.7.